The van der Waals surface area contributed by atoms with Crippen molar-refractivity contribution in [2.75, 3.05) is 57.2 Å². The second-order valence-corrected chi connectivity index (χ2v) is 12.4. The van der Waals surface area contributed by atoms with E-state index in [4.69, 9.17) is 21.1 Å². The molecule has 0 bridgehead atoms. The molecule has 11 heteroatoms. The monoisotopic (exact) mass is 606 g/mol. The lowest BCUT2D eigenvalue weighted by molar-refractivity contribution is 0.118. The van der Waals surface area contributed by atoms with Gasteiger partial charge in [-0.1, -0.05) is 24.1 Å². The van der Waals surface area contributed by atoms with E-state index in [0.717, 1.165) is 38.0 Å². The zero-order valence-corrected chi connectivity index (χ0v) is 25.2. The molecule has 1 unspecified atom stereocenters. The predicted octanol–water partition coefficient (Wildman–Crippen LogP) is 7.05. The molecule has 0 radical (unpaired) electrons. The number of nitrogens with zero attached hydrogens (tertiary/aromatic N) is 4. The van der Waals surface area contributed by atoms with Gasteiger partial charge in [0.15, 0.2) is 5.82 Å². The van der Waals surface area contributed by atoms with Gasteiger partial charge in [0, 0.05) is 42.7 Å². The van der Waals surface area contributed by atoms with Crippen LogP contribution in [0.1, 0.15) is 24.8 Å². The van der Waals surface area contributed by atoms with Crippen LogP contribution in [0.15, 0.2) is 47.4 Å². The van der Waals surface area contributed by atoms with E-state index in [-0.39, 0.29) is 27.7 Å². The molecular weight excluding hydrogens is 573 g/mol. The quantitative estimate of drug-likeness (QED) is 0.139. The van der Waals surface area contributed by atoms with Crippen LogP contribution in [0.5, 0.6) is 11.5 Å². The summed E-state index contributed by atoms with van der Waals surface area (Å²) in [6.45, 7) is 2.57. The maximum atomic E-state index is 15.8. The topological polar surface area (TPSA) is 41.1 Å². The third kappa shape index (κ3) is 6.05. The average Bonchev–Trinajstić information content (AvgIpc) is 3.34. The molecule has 6 nitrogen and oxygen atoms in total. The number of benzene rings is 2. The fraction of sp³-hybridized carbons (Fsp3) is 0.433. The SMILES string of the molecule is COc1ccc(CN(Sc2c(F)cc(N3CC4(CCCC4CN(C)C)C3)c(Cl)c2F)c2cccc(F)n2)c(OC)c1. The highest BCUT2D eigenvalue weighted by Crippen LogP contribution is 2.53. The molecule has 2 aromatic carbocycles. The molecule has 2 heterocycles. The first-order valence-electron chi connectivity index (χ1n) is 13.5. The minimum atomic E-state index is -0.855. The second-order valence-electron chi connectivity index (χ2n) is 11.0. The van der Waals surface area contributed by atoms with Gasteiger partial charge in [-0.2, -0.15) is 4.39 Å². The molecule has 41 heavy (non-hydrogen) atoms. The molecule has 2 aliphatic rings. The first-order valence-corrected chi connectivity index (χ1v) is 14.7. The number of rotatable bonds is 10. The molecular formula is C30H34ClF3N4O2S. The van der Waals surface area contributed by atoms with Crippen LogP contribution in [0.4, 0.5) is 24.7 Å². The van der Waals surface area contributed by atoms with E-state index in [1.54, 1.807) is 31.4 Å². The van der Waals surface area contributed by atoms with Crippen molar-refractivity contribution in [2.24, 2.45) is 11.3 Å². The lowest BCUT2D eigenvalue weighted by Crippen LogP contribution is -2.59. The summed E-state index contributed by atoms with van der Waals surface area (Å²) in [7, 11) is 7.21. The molecule has 1 spiro atoms. The van der Waals surface area contributed by atoms with Crippen molar-refractivity contribution in [2.45, 2.75) is 30.7 Å². The molecule has 0 amide bonds. The smallest absolute Gasteiger partial charge is 0.214 e. The summed E-state index contributed by atoms with van der Waals surface area (Å²) in [6, 6.07) is 10.8. The Morgan fingerprint density at radius 2 is 1.88 bits per heavy atom. The van der Waals surface area contributed by atoms with E-state index >= 15 is 8.78 Å². The van der Waals surface area contributed by atoms with Crippen molar-refractivity contribution in [1.29, 1.82) is 0 Å². The maximum Gasteiger partial charge on any atom is 0.214 e. The molecule has 220 valence electrons. The van der Waals surface area contributed by atoms with Gasteiger partial charge in [-0.25, -0.2) is 13.8 Å². The largest absolute Gasteiger partial charge is 0.497 e. The number of methoxy groups -OCH3 is 2. The highest BCUT2D eigenvalue weighted by molar-refractivity contribution is 8.00. The number of halogens is 4. The van der Waals surface area contributed by atoms with Crippen molar-refractivity contribution >= 4 is 35.1 Å². The van der Waals surface area contributed by atoms with Crippen LogP contribution >= 0.6 is 23.5 Å². The second kappa shape index (κ2) is 12.2. The summed E-state index contributed by atoms with van der Waals surface area (Å²) in [6.07, 6.45) is 3.45. The van der Waals surface area contributed by atoms with Gasteiger partial charge >= 0.3 is 0 Å². The van der Waals surface area contributed by atoms with Crippen LogP contribution in [0, 0.1) is 28.9 Å². The molecule has 1 saturated carbocycles. The zero-order chi connectivity index (χ0) is 29.3. The van der Waals surface area contributed by atoms with Gasteiger partial charge in [0.1, 0.15) is 33.1 Å². The lowest BCUT2D eigenvalue weighted by Gasteiger charge is -2.53. The zero-order valence-electron chi connectivity index (χ0n) is 23.6. The number of hydrogen-bond acceptors (Lipinski definition) is 7. The van der Waals surface area contributed by atoms with E-state index in [0.29, 0.717) is 28.7 Å². The summed E-state index contributed by atoms with van der Waals surface area (Å²) >= 11 is 7.33. The Balaban J connectivity index is 1.42. The lowest BCUT2D eigenvalue weighted by atomic mass is 9.71. The standard InChI is InChI=1S/C30H34ClF3N4O2S/c1-36(2)16-20-7-6-12-30(20)17-37(18-30)23-14-22(32)29(28(34)27(23)31)41-38(26-9-5-8-25(33)35-26)15-19-10-11-21(39-3)13-24(19)40-4/h5,8-11,13-14,20H,6-7,12,15-18H2,1-4H3. The summed E-state index contributed by atoms with van der Waals surface area (Å²) < 4.78 is 57.9. The average molecular weight is 607 g/mol. The highest BCUT2D eigenvalue weighted by atomic mass is 35.5. The molecule has 2 fully saturated rings. The van der Waals surface area contributed by atoms with E-state index in [1.165, 1.54) is 42.5 Å². The third-order valence-corrected chi connectivity index (χ3v) is 9.55. The maximum absolute atomic E-state index is 15.8. The fourth-order valence-corrected chi connectivity index (χ4v) is 7.33. The Hall–Kier alpha value is -2.82. The predicted molar refractivity (Wildman–Crippen MR) is 158 cm³/mol. The minimum Gasteiger partial charge on any atom is -0.497 e. The summed E-state index contributed by atoms with van der Waals surface area (Å²) in [5.74, 6) is -0.475. The number of anilines is 2. The highest BCUT2D eigenvalue weighted by Gasteiger charge is 2.51. The molecule has 1 aromatic heterocycles. The van der Waals surface area contributed by atoms with Crippen molar-refractivity contribution in [3.63, 3.8) is 0 Å². The van der Waals surface area contributed by atoms with Gasteiger partial charge in [-0.3, -0.25) is 4.31 Å². The van der Waals surface area contributed by atoms with Crippen LogP contribution in [0.25, 0.3) is 0 Å². The normalized spacial score (nSPS) is 17.7. The Morgan fingerprint density at radius 3 is 2.56 bits per heavy atom. The molecule has 1 aliphatic carbocycles. The van der Waals surface area contributed by atoms with Gasteiger partial charge in [0.05, 0.1) is 26.5 Å². The van der Waals surface area contributed by atoms with Crippen molar-refractivity contribution < 1.29 is 22.6 Å². The van der Waals surface area contributed by atoms with E-state index in [1.807, 2.05) is 4.90 Å². The van der Waals surface area contributed by atoms with E-state index in [9.17, 15) is 4.39 Å². The van der Waals surface area contributed by atoms with E-state index < -0.39 is 17.6 Å². The first kappa shape index (κ1) is 29.7. The van der Waals surface area contributed by atoms with Crippen LogP contribution in [-0.2, 0) is 6.54 Å². The minimum absolute atomic E-state index is 0.106. The van der Waals surface area contributed by atoms with Crippen LogP contribution in [0.2, 0.25) is 5.02 Å². The van der Waals surface area contributed by atoms with Gasteiger partial charge < -0.3 is 19.3 Å². The Kier molecular flexibility index (Phi) is 8.82. The molecule has 1 saturated heterocycles. The Morgan fingerprint density at radius 1 is 1.10 bits per heavy atom. The van der Waals surface area contributed by atoms with E-state index in [2.05, 4.69) is 24.0 Å². The van der Waals surface area contributed by atoms with Crippen LogP contribution in [0.3, 0.4) is 0 Å². The van der Waals surface area contributed by atoms with Crippen molar-refractivity contribution in [3.8, 4) is 11.5 Å². The summed E-state index contributed by atoms with van der Waals surface area (Å²) in [5.41, 5.74) is 1.20. The molecule has 3 aromatic rings. The van der Waals surface area contributed by atoms with Gasteiger partial charge in [0.2, 0.25) is 5.95 Å². The summed E-state index contributed by atoms with van der Waals surface area (Å²) in [4.78, 5) is 7.85. The number of ether oxygens (including phenoxy) is 2. The van der Waals surface area contributed by atoms with Crippen molar-refractivity contribution in [3.05, 3.63) is 70.6 Å². The molecule has 0 N–H and O–H groups in total. The first-order chi connectivity index (χ1) is 19.6. The third-order valence-electron chi connectivity index (χ3n) is 8.09. The number of hydrogen-bond donors (Lipinski definition) is 0. The Labute approximate surface area is 248 Å². The number of pyridine rings is 1. The van der Waals surface area contributed by atoms with Crippen LogP contribution in [-0.4, -0.2) is 57.8 Å². The summed E-state index contributed by atoms with van der Waals surface area (Å²) in [5, 5.41) is -0.125. The molecule has 5 rings (SSSR count). The van der Waals surface area contributed by atoms with Crippen molar-refractivity contribution in [1.82, 2.24) is 9.88 Å². The van der Waals surface area contributed by atoms with Gasteiger partial charge in [-0.15, -0.1) is 0 Å². The number of aromatic nitrogens is 1. The Bertz CT molecular complexity index is 1410. The fourth-order valence-electron chi connectivity index (χ4n) is 6.06. The molecule has 1 atom stereocenters. The van der Waals surface area contributed by atoms with Crippen LogP contribution < -0.4 is 18.7 Å². The molecule has 1 aliphatic heterocycles. The van der Waals surface area contributed by atoms with Gasteiger partial charge in [0.25, 0.3) is 0 Å². The van der Waals surface area contributed by atoms with Gasteiger partial charge in [-0.05, 0) is 69.1 Å².